The van der Waals surface area contributed by atoms with Gasteiger partial charge in [0.25, 0.3) is 0 Å². The van der Waals surface area contributed by atoms with Crippen LogP contribution in [0, 0.1) is 6.92 Å². The van der Waals surface area contributed by atoms with Gasteiger partial charge in [0.05, 0.1) is 18.6 Å². The van der Waals surface area contributed by atoms with Crippen molar-refractivity contribution in [1.82, 2.24) is 5.32 Å². The average Bonchev–Trinajstić information content (AvgIpc) is 3.03. The molecule has 1 saturated heterocycles. The van der Waals surface area contributed by atoms with Gasteiger partial charge in [0, 0.05) is 12.2 Å². The Morgan fingerprint density at radius 3 is 2.85 bits per heavy atom. The number of aryl methyl sites for hydroxylation is 1. The number of ether oxygens (including phenoxy) is 1. The summed E-state index contributed by atoms with van der Waals surface area (Å²) in [5.41, 5.74) is 3.46. The van der Waals surface area contributed by atoms with E-state index < -0.39 is 0 Å². The zero-order valence-electron chi connectivity index (χ0n) is 15.6. The Morgan fingerprint density at radius 1 is 1.30 bits per heavy atom. The highest BCUT2D eigenvalue weighted by Gasteiger charge is 2.35. The molecule has 1 heterocycles. The highest BCUT2D eigenvalue weighted by molar-refractivity contribution is 8.00. The van der Waals surface area contributed by atoms with Crippen molar-refractivity contribution in [3.63, 3.8) is 0 Å². The molecule has 3 amide bonds. The van der Waals surface area contributed by atoms with E-state index in [1.807, 2.05) is 56.3 Å². The number of nitrogens with one attached hydrogen (secondary N) is 2. The summed E-state index contributed by atoms with van der Waals surface area (Å²) in [5.74, 6) is 1.10. The number of benzene rings is 2. The molecule has 1 aliphatic rings. The van der Waals surface area contributed by atoms with Crippen molar-refractivity contribution in [2.75, 3.05) is 29.6 Å². The van der Waals surface area contributed by atoms with Gasteiger partial charge in [-0.25, -0.2) is 4.79 Å². The van der Waals surface area contributed by atoms with Gasteiger partial charge >= 0.3 is 6.03 Å². The van der Waals surface area contributed by atoms with Gasteiger partial charge in [-0.2, -0.15) is 0 Å². The fraction of sp³-hybridized carbons (Fsp3) is 0.300. The van der Waals surface area contributed by atoms with Crippen LogP contribution in [0.3, 0.4) is 0 Å². The number of hydrogen-bond donors (Lipinski definition) is 2. The smallest absolute Gasteiger partial charge is 0.319 e. The second kappa shape index (κ2) is 8.35. The van der Waals surface area contributed by atoms with Crippen molar-refractivity contribution in [1.29, 1.82) is 0 Å². The Bertz CT molecular complexity index is 856. The van der Waals surface area contributed by atoms with Crippen LogP contribution in [0.1, 0.15) is 23.4 Å². The minimum absolute atomic E-state index is 0.0380. The molecule has 3 rings (SSSR count). The fourth-order valence-electron chi connectivity index (χ4n) is 3.03. The lowest BCUT2D eigenvalue weighted by molar-refractivity contribution is -0.115. The number of urea groups is 1. The molecule has 0 aliphatic carbocycles. The third-order valence-electron chi connectivity index (χ3n) is 4.23. The van der Waals surface area contributed by atoms with Crippen LogP contribution in [-0.4, -0.2) is 31.3 Å². The van der Waals surface area contributed by atoms with Gasteiger partial charge in [-0.05, 0) is 49.2 Å². The summed E-state index contributed by atoms with van der Waals surface area (Å²) >= 11 is 1.56. The van der Waals surface area contributed by atoms with E-state index in [9.17, 15) is 9.59 Å². The lowest BCUT2D eigenvalue weighted by atomic mass is 10.1. The molecule has 0 unspecified atom stereocenters. The van der Waals surface area contributed by atoms with Crippen molar-refractivity contribution in [3.8, 4) is 5.75 Å². The third kappa shape index (κ3) is 4.19. The standard InChI is InChI=1S/C20H23N3O3S/c1-4-21-20(25)22-15-7-5-6-14(11-15)19-23(18(24)12-27-19)16-10-13(2)8-9-17(16)26-3/h5-11,19H,4,12H2,1-3H3,(H2,21,22,25)/t19-/m0/s1. The highest BCUT2D eigenvalue weighted by atomic mass is 32.2. The first-order chi connectivity index (χ1) is 13.0. The second-order valence-corrected chi connectivity index (χ2v) is 7.28. The van der Waals surface area contributed by atoms with Crippen molar-refractivity contribution in [3.05, 3.63) is 53.6 Å². The fourth-order valence-corrected chi connectivity index (χ4v) is 4.18. The summed E-state index contributed by atoms with van der Waals surface area (Å²) in [6, 6.07) is 13.1. The Kier molecular flexibility index (Phi) is 5.91. The van der Waals surface area contributed by atoms with Crippen LogP contribution in [0.25, 0.3) is 0 Å². The van der Waals surface area contributed by atoms with Crippen LogP contribution in [0.5, 0.6) is 5.75 Å². The molecule has 2 aromatic rings. The maximum atomic E-state index is 12.7. The Labute approximate surface area is 163 Å². The Balaban J connectivity index is 1.93. The molecule has 7 heteroatoms. The summed E-state index contributed by atoms with van der Waals surface area (Å²) in [4.78, 5) is 26.2. The minimum atomic E-state index is -0.248. The van der Waals surface area contributed by atoms with Gasteiger partial charge in [-0.15, -0.1) is 11.8 Å². The van der Waals surface area contributed by atoms with E-state index in [4.69, 9.17) is 4.74 Å². The predicted molar refractivity (Wildman–Crippen MR) is 110 cm³/mol. The van der Waals surface area contributed by atoms with Crippen molar-refractivity contribution in [2.24, 2.45) is 0 Å². The molecule has 0 bridgehead atoms. The molecular weight excluding hydrogens is 362 g/mol. The number of anilines is 2. The maximum absolute atomic E-state index is 12.7. The van der Waals surface area contributed by atoms with E-state index in [0.29, 0.717) is 23.7 Å². The number of rotatable bonds is 5. The molecule has 0 radical (unpaired) electrons. The van der Waals surface area contributed by atoms with E-state index in [1.165, 1.54) is 0 Å². The molecule has 6 nitrogen and oxygen atoms in total. The molecule has 0 spiro atoms. The minimum Gasteiger partial charge on any atom is -0.495 e. The summed E-state index contributed by atoms with van der Waals surface area (Å²) in [6.07, 6.45) is 0. The molecule has 2 N–H and O–H groups in total. The molecule has 142 valence electrons. The summed E-state index contributed by atoms with van der Waals surface area (Å²) in [6.45, 7) is 4.41. The Morgan fingerprint density at radius 2 is 2.11 bits per heavy atom. The molecule has 27 heavy (non-hydrogen) atoms. The SMILES string of the molecule is CCNC(=O)Nc1cccc([C@@H]2SCC(=O)N2c2cc(C)ccc2OC)c1. The van der Waals surface area contributed by atoms with Crippen LogP contribution in [0.15, 0.2) is 42.5 Å². The van der Waals surface area contributed by atoms with Crippen molar-refractivity contribution >= 4 is 35.1 Å². The molecular formula is C20H23N3O3S. The number of carbonyl (C=O) groups excluding carboxylic acids is 2. The van der Waals surface area contributed by atoms with Crippen LogP contribution in [-0.2, 0) is 4.79 Å². The number of amides is 3. The molecule has 1 aliphatic heterocycles. The molecule has 1 atom stereocenters. The van der Waals surface area contributed by atoms with Crippen LogP contribution >= 0.6 is 11.8 Å². The first-order valence-electron chi connectivity index (χ1n) is 8.76. The first kappa shape index (κ1) is 19.1. The Hall–Kier alpha value is -2.67. The lowest BCUT2D eigenvalue weighted by Crippen LogP contribution is -2.29. The zero-order chi connectivity index (χ0) is 19.4. The van der Waals surface area contributed by atoms with Gasteiger partial charge in [0.1, 0.15) is 11.1 Å². The number of carbonyl (C=O) groups is 2. The first-order valence-corrected chi connectivity index (χ1v) is 9.81. The number of methoxy groups -OCH3 is 1. The third-order valence-corrected chi connectivity index (χ3v) is 5.44. The summed E-state index contributed by atoms with van der Waals surface area (Å²) < 4.78 is 5.48. The summed E-state index contributed by atoms with van der Waals surface area (Å²) in [5, 5.41) is 5.35. The largest absolute Gasteiger partial charge is 0.495 e. The highest BCUT2D eigenvalue weighted by Crippen LogP contribution is 2.45. The van der Waals surface area contributed by atoms with E-state index in [-0.39, 0.29) is 17.3 Å². The zero-order valence-corrected chi connectivity index (χ0v) is 16.4. The monoisotopic (exact) mass is 385 g/mol. The van der Waals surface area contributed by atoms with Gasteiger partial charge in [0.2, 0.25) is 5.91 Å². The van der Waals surface area contributed by atoms with Crippen LogP contribution < -0.4 is 20.3 Å². The quantitative estimate of drug-likeness (QED) is 0.818. The van der Waals surface area contributed by atoms with Gasteiger partial charge in [0.15, 0.2) is 0 Å². The molecule has 1 fully saturated rings. The van der Waals surface area contributed by atoms with Gasteiger partial charge in [-0.3, -0.25) is 9.69 Å². The van der Waals surface area contributed by atoms with E-state index in [0.717, 1.165) is 16.8 Å². The van der Waals surface area contributed by atoms with Gasteiger partial charge in [-0.1, -0.05) is 18.2 Å². The maximum Gasteiger partial charge on any atom is 0.319 e. The topological polar surface area (TPSA) is 70.7 Å². The molecule has 0 aromatic heterocycles. The van der Waals surface area contributed by atoms with Crippen molar-refractivity contribution < 1.29 is 14.3 Å². The van der Waals surface area contributed by atoms with Crippen LogP contribution in [0.2, 0.25) is 0 Å². The number of hydrogen-bond acceptors (Lipinski definition) is 4. The average molecular weight is 385 g/mol. The molecule has 2 aromatic carbocycles. The summed E-state index contributed by atoms with van der Waals surface area (Å²) in [7, 11) is 1.60. The second-order valence-electron chi connectivity index (χ2n) is 6.21. The van der Waals surface area contributed by atoms with E-state index in [1.54, 1.807) is 23.8 Å². The lowest BCUT2D eigenvalue weighted by Gasteiger charge is -2.26. The van der Waals surface area contributed by atoms with E-state index in [2.05, 4.69) is 10.6 Å². The van der Waals surface area contributed by atoms with Crippen molar-refractivity contribution in [2.45, 2.75) is 19.2 Å². The predicted octanol–water partition coefficient (Wildman–Crippen LogP) is 3.92. The number of thioether (sulfide) groups is 1. The van der Waals surface area contributed by atoms with E-state index >= 15 is 0 Å². The van der Waals surface area contributed by atoms with Crippen LogP contribution in [0.4, 0.5) is 16.2 Å². The van der Waals surface area contributed by atoms with Gasteiger partial charge < -0.3 is 15.4 Å². The number of nitrogens with zero attached hydrogens (tertiary/aromatic N) is 1. The molecule has 0 saturated carbocycles. The normalized spacial score (nSPS) is 16.3.